The fourth-order valence-corrected chi connectivity index (χ4v) is 3.56. The molecule has 1 aromatic carbocycles. The molecule has 1 aliphatic rings. The van der Waals surface area contributed by atoms with Crippen LogP contribution in [0.25, 0.3) is 0 Å². The van der Waals surface area contributed by atoms with Crippen LogP contribution in [0, 0.1) is 0 Å². The van der Waals surface area contributed by atoms with Crippen molar-refractivity contribution in [3.8, 4) is 0 Å². The third kappa shape index (κ3) is 3.72. The Balaban J connectivity index is 1.61. The molecule has 1 fully saturated rings. The van der Waals surface area contributed by atoms with Crippen LogP contribution in [0.3, 0.4) is 0 Å². The molecule has 0 unspecified atom stereocenters. The predicted octanol–water partition coefficient (Wildman–Crippen LogP) is 2.78. The number of aromatic nitrogens is 4. The lowest BCUT2D eigenvalue weighted by Gasteiger charge is -2.15. The number of hydrogen-bond acceptors (Lipinski definition) is 5. The van der Waals surface area contributed by atoms with Crippen molar-refractivity contribution in [2.45, 2.75) is 43.6 Å². The van der Waals surface area contributed by atoms with E-state index >= 15 is 0 Å². The highest BCUT2D eigenvalue weighted by atomic mass is 32.2. The first-order valence-electron chi connectivity index (χ1n) is 7.94. The molecule has 0 radical (unpaired) electrons. The summed E-state index contributed by atoms with van der Waals surface area (Å²) in [7, 11) is 0. The first kappa shape index (κ1) is 16.0. The lowest BCUT2D eigenvalue weighted by Crippen LogP contribution is -2.27. The zero-order valence-corrected chi connectivity index (χ0v) is 14.3. The summed E-state index contributed by atoms with van der Waals surface area (Å²) in [6.07, 6.45) is 2.23. The van der Waals surface area contributed by atoms with E-state index < -0.39 is 0 Å². The Bertz CT molecular complexity index is 661. The van der Waals surface area contributed by atoms with E-state index in [9.17, 15) is 4.79 Å². The Kier molecular flexibility index (Phi) is 4.95. The minimum Gasteiger partial charge on any atom is -0.339 e. The quantitative estimate of drug-likeness (QED) is 0.788. The molecule has 0 atom stereocenters. The van der Waals surface area contributed by atoms with Crippen molar-refractivity contribution >= 4 is 17.7 Å². The number of thioether (sulfide) groups is 1. The number of nitrogens with zero attached hydrogens (tertiary/aromatic N) is 5. The zero-order valence-electron chi connectivity index (χ0n) is 13.5. The van der Waals surface area contributed by atoms with Gasteiger partial charge in [-0.25, -0.2) is 4.68 Å². The van der Waals surface area contributed by atoms with Gasteiger partial charge >= 0.3 is 0 Å². The molecule has 0 spiro atoms. The highest BCUT2D eigenvalue weighted by molar-refractivity contribution is 7.98. The molecule has 1 aliphatic heterocycles. The van der Waals surface area contributed by atoms with E-state index in [0.29, 0.717) is 0 Å². The second-order valence-corrected chi connectivity index (χ2v) is 6.93. The van der Waals surface area contributed by atoms with Crippen LogP contribution < -0.4 is 0 Å². The van der Waals surface area contributed by atoms with Crippen molar-refractivity contribution in [3.05, 3.63) is 35.4 Å². The van der Waals surface area contributed by atoms with Gasteiger partial charge in [0.15, 0.2) is 0 Å². The van der Waals surface area contributed by atoms with Crippen molar-refractivity contribution in [2.24, 2.45) is 0 Å². The standard InChI is InChI=1S/C16H21N5OS/c1-12(2)21-16(17-18-19-21)23-11-13-5-7-14(8-6-13)15(22)20-9-3-4-10-20/h5-8,12H,3-4,9-11H2,1-2H3. The highest BCUT2D eigenvalue weighted by Crippen LogP contribution is 2.22. The number of carbonyl (C=O) groups excluding carboxylic acids is 1. The van der Waals surface area contributed by atoms with Crippen molar-refractivity contribution in [3.63, 3.8) is 0 Å². The third-order valence-corrected chi connectivity index (χ3v) is 4.92. The normalized spacial score (nSPS) is 14.7. The van der Waals surface area contributed by atoms with Crippen LogP contribution in [0.2, 0.25) is 0 Å². The summed E-state index contributed by atoms with van der Waals surface area (Å²) in [5.74, 6) is 0.927. The number of likely N-dealkylation sites (tertiary alicyclic amines) is 1. The van der Waals surface area contributed by atoms with Gasteiger partial charge < -0.3 is 4.90 Å². The molecular weight excluding hydrogens is 310 g/mol. The van der Waals surface area contributed by atoms with Gasteiger partial charge in [-0.1, -0.05) is 23.9 Å². The molecule has 0 N–H and O–H groups in total. The lowest BCUT2D eigenvalue weighted by atomic mass is 10.1. The van der Waals surface area contributed by atoms with Crippen LogP contribution in [0.15, 0.2) is 29.4 Å². The average Bonchev–Trinajstić information content (AvgIpc) is 3.24. The van der Waals surface area contributed by atoms with Gasteiger partial charge in [0.2, 0.25) is 5.16 Å². The number of carbonyl (C=O) groups is 1. The maximum atomic E-state index is 12.3. The second-order valence-electron chi connectivity index (χ2n) is 5.98. The summed E-state index contributed by atoms with van der Waals surface area (Å²) in [6, 6.07) is 8.11. The second kappa shape index (κ2) is 7.12. The number of hydrogen-bond donors (Lipinski definition) is 0. The van der Waals surface area contributed by atoms with Crippen LogP contribution in [0.1, 0.15) is 48.7 Å². The molecular formula is C16H21N5OS. The summed E-state index contributed by atoms with van der Waals surface area (Å²) in [5, 5.41) is 12.6. The maximum Gasteiger partial charge on any atom is 0.253 e. The van der Waals surface area contributed by atoms with Crippen LogP contribution >= 0.6 is 11.8 Å². The van der Waals surface area contributed by atoms with Crippen LogP contribution in [-0.2, 0) is 5.75 Å². The molecule has 2 heterocycles. The molecule has 3 rings (SSSR count). The van der Waals surface area contributed by atoms with Crippen LogP contribution in [0.4, 0.5) is 0 Å². The average molecular weight is 331 g/mol. The van der Waals surface area contributed by atoms with Crippen molar-refractivity contribution in [1.29, 1.82) is 0 Å². The molecule has 23 heavy (non-hydrogen) atoms. The molecule has 1 aromatic heterocycles. The van der Waals surface area contributed by atoms with Gasteiger partial charge in [0.05, 0.1) is 6.04 Å². The van der Waals surface area contributed by atoms with Gasteiger partial charge in [0, 0.05) is 24.4 Å². The van der Waals surface area contributed by atoms with E-state index in [4.69, 9.17) is 0 Å². The number of benzene rings is 1. The van der Waals surface area contributed by atoms with Gasteiger partial charge in [0.25, 0.3) is 5.91 Å². The van der Waals surface area contributed by atoms with Crippen LogP contribution in [-0.4, -0.2) is 44.1 Å². The first-order chi connectivity index (χ1) is 11.1. The Hall–Kier alpha value is -1.89. The number of tetrazole rings is 1. The Morgan fingerprint density at radius 1 is 1.22 bits per heavy atom. The molecule has 6 nitrogen and oxygen atoms in total. The third-order valence-electron chi connectivity index (χ3n) is 3.91. The molecule has 122 valence electrons. The molecule has 0 bridgehead atoms. The SMILES string of the molecule is CC(C)n1nnnc1SCc1ccc(C(=O)N2CCCC2)cc1. The Morgan fingerprint density at radius 3 is 2.57 bits per heavy atom. The zero-order chi connectivity index (χ0) is 16.2. The van der Waals surface area contributed by atoms with E-state index in [-0.39, 0.29) is 11.9 Å². The summed E-state index contributed by atoms with van der Waals surface area (Å²) >= 11 is 1.61. The van der Waals surface area contributed by atoms with Crippen molar-refractivity contribution in [2.75, 3.05) is 13.1 Å². The number of rotatable bonds is 5. The van der Waals surface area contributed by atoms with Gasteiger partial charge in [0.1, 0.15) is 0 Å². The minimum absolute atomic E-state index is 0.144. The molecule has 1 saturated heterocycles. The lowest BCUT2D eigenvalue weighted by molar-refractivity contribution is 0.0793. The topological polar surface area (TPSA) is 63.9 Å². The predicted molar refractivity (Wildman–Crippen MR) is 89.3 cm³/mol. The van der Waals surface area contributed by atoms with E-state index in [2.05, 4.69) is 29.4 Å². The fourth-order valence-electron chi connectivity index (χ4n) is 2.60. The molecule has 7 heteroatoms. The number of amides is 1. The fraction of sp³-hybridized carbons (Fsp3) is 0.500. The van der Waals surface area contributed by atoms with E-state index in [1.54, 1.807) is 11.8 Å². The van der Waals surface area contributed by atoms with E-state index in [0.717, 1.165) is 48.0 Å². The van der Waals surface area contributed by atoms with Crippen molar-refractivity contribution < 1.29 is 4.79 Å². The van der Waals surface area contributed by atoms with E-state index in [1.165, 1.54) is 0 Å². The summed E-state index contributed by atoms with van der Waals surface area (Å²) < 4.78 is 1.82. The summed E-state index contributed by atoms with van der Waals surface area (Å²) in [4.78, 5) is 14.2. The molecule has 0 saturated carbocycles. The van der Waals surface area contributed by atoms with E-state index in [1.807, 2.05) is 33.8 Å². The largest absolute Gasteiger partial charge is 0.339 e. The molecule has 0 aliphatic carbocycles. The van der Waals surface area contributed by atoms with Crippen LogP contribution in [0.5, 0.6) is 0 Å². The monoisotopic (exact) mass is 331 g/mol. The van der Waals surface area contributed by atoms with Gasteiger partial charge in [-0.15, -0.1) is 5.10 Å². The summed E-state index contributed by atoms with van der Waals surface area (Å²) in [6.45, 7) is 5.88. The smallest absolute Gasteiger partial charge is 0.253 e. The Labute approximate surface area is 140 Å². The Morgan fingerprint density at radius 2 is 1.91 bits per heavy atom. The highest BCUT2D eigenvalue weighted by Gasteiger charge is 2.19. The summed E-state index contributed by atoms with van der Waals surface area (Å²) in [5.41, 5.74) is 1.93. The van der Waals surface area contributed by atoms with Gasteiger partial charge in [-0.05, 0) is 54.8 Å². The first-order valence-corrected chi connectivity index (χ1v) is 8.92. The van der Waals surface area contributed by atoms with Crippen molar-refractivity contribution in [1.82, 2.24) is 25.1 Å². The van der Waals surface area contributed by atoms with Gasteiger partial charge in [-0.2, -0.15) is 0 Å². The molecule has 2 aromatic rings. The molecule has 1 amide bonds. The van der Waals surface area contributed by atoms with Gasteiger partial charge in [-0.3, -0.25) is 4.79 Å². The minimum atomic E-state index is 0.144. The maximum absolute atomic E-state index is 12.3.